The number of alkyl halides is 1. The molecule has 2 saturated heterocycles. The summed E-state index contributed by atoms with van der Waals surface area (Å²) >= 11 is 6.72. The van der Waals surface area contributed by atoms with Gasteiger partial charge in [-0.3, -0.25) is 9.28 Å². The molecule has 8 atom stereocenters. The van der Waals surface area contributed by atoms with Crippen LogP contribution in [0.25, 0.3) is 0 Å². The second-order valence-electron chi connectivity index (χ2n) is 12.1. The van der Waals surface area contributed by atoms with Gasteiger partial charge in [0.15, 0.2) is 0 Å². The standard InChI is InChI=1S/C27H49ClN4O2/c1-8-32(7)19(3)13-18(2)24(27(32)34)16-29-26(33)23-14-22(28)15-25(20(23)4)31(6)17-21-9-11-30(5)12-10-21/h18-25H,8-17H2,1-7H3/p+1. The van der Waals surface area contributed by atoms with E-state index in [1.54, 1.807) is 0 Å². The van der Waals surface area contributed by atoms with E-state index in [9.17, 15) is 9.59 Å². The lowest BCUT2D eigenvalue weighted by molar-refractivity contribution is -0.863. The Kier molecular flexibility index (Phi) is 9.50. The fourth-order valence-corrected chi connectivity index (χ4v) is 7.29. The zero-order chi connectivity index (χ0) is 25.2. The fourth-order valence-electron chi connectivity index (χ4n) is 6.92. The van der Waals surface area contributed by atoms with Crippen molar-refractivity contribution in [3.8, 4) is 0 Å². The molecule has 2 aliphatic heterocycles. The smallest absolute Gasteiger partial charge is 0.318 e. The third-order valence-electron chi connectivity index (χ3n) is 9.88. The van der Waals surface area contributed by atoms with Crippen molar-refractivity contribution in [1.29, 1.82) is 0 Å². The van der Waals surface area contributed by atoms with Crippen LogP contribution in [-0.2, 0) is 9.59 Å². The molecule has 34 heavy (non-hydrogen) atoms. The summed E-state index contributed by atoms with van der Waals surface area (Å²) in [6.07, 6.45) is 5.18. The number of piperidine rings is 2. The van der Waals surface area contributed by atoms with Crippen molar-refractivity contribution in [2.45, 2.75) is 77.3 Å². The van der Waals surface area contributed by atoms with E-state index in [-0.39, 0.29) is 34.9 Å². The molecule has 1 saturated carbocycles. The molecule has 1 aliphatic carbocycles. The molecule has 3 fully saturated rings. The summed E-state index contributed by atoms with van der Waals surface area (Å²) in [5, 5.41) is 3.23. The Labute approximate surface area is 213 Å². The molecule has 8 unspecified atom stereocenters. The molecule has 196 valence electrons. The Morgan fingerprint density at radius 1 is 1.18 bits per heavy atom. The van der Waals surface area contributed by atoms with Gasteiger partial charge in [-0.2, -0.15) is 0 Å². The fraction of sp³-hybridized carbons (Fsp3) is 0.926. The molecule has 0 radical (unpaired) electrons. The third kappa shape index (κ3) is 5.99. The summed E-state index contributed by atoms with van der Waals surface area (Å²) in [6.45, 7) is 13.3. The van der Waals surface area contributed by atoms with E-state index in [4.69, 9.17) is 11.6 Å². The van der Waals surface area contributed by atoms with Gasteiger partial charge in [-0.05, 0) is 84.5 Å². The van der Waals surface area contributed by atoms with E-state index in [1.165, 1.54) is 25.9 Å². The lowest BCUT2D eigenvalue weighted by atomic mass is 9.75. The van der Waals surface area contributed by atoms with Crippen LogP contribution in [0.2, 0.25) is 0 Å². The minimum atomic E-state index is -0.112. The molecular formula is C27H50ClN4O2+. The normalized spacial score (nSPS) is 40.5. The van der Waals surface area contributed by atoms with E-state index >= 15 is 0 Å². The number of carbonyl (C=O) groups excluding carboxylic acids is 2. The molecule has 6 nitrogen and oxygen atoms in total. The molecule has 3 aliphatic rings. The Hall–Kier alpha value is -0.690. The average Bonchev–Trinajstić information content (AvgIpc) is 2.80. The summed E-state index contributed by atoms with van der Waals surface area (Å²) in [5.74, 6) is 1.42. The maximum Gasteiger partial charge on any atom is 0.318 e. The summed E-state index contributed by atoms with van der Waals surface area (Å²) in [6, 6.07) is 0.651. The van der Waals surface area contributed by atoms with Gasteiger partial charge in [0.05, 0.1) is 25.6 Å². The van der Waals surface area contributed by atoms with Crippen LogP contribution in [0.1, 0.15) is 59.8 Å². The van der Waals surface area contributed by atoms with Gasteiger partial charge in [0.1, 0.15) is 0 Å². The molecule has 0 aromatic carbocycles. The maximum atomic E-state index is 13.4. The number of hydrogen-bond acceptors (Lipinski definition) is 4. The largest absolute Gasteiger partial charge is 0.355 e. The Morgan fingerprint density at radius 3 is 2.44 bits per heavy atom. The van der Waals surface area contributed by atoms with Crippen molar-refractivity contribution in [2.75, 3.05) is 53.9 Å². The minimum absolute atomic E-state index is 0.0213. The van der Waals surface area contributed by atoms with Crippen LogP contribution in [0.5, 0.6) is 0 Å². The number of hydrogen-bond donors (Lipinski definition) is 1. The van der Waals surface area contributed by atoms with Crippen molar-refractivity contribution in [2.24, 2.45) is 29.6 Å². The highest BCUT2D eigenvalue weighted by Gasteiger charge is 2.49. The molecule has 3 rings (SSSR count). The van der Waals surface area contributed by atoms with Crippen LogP contribution in [-0.4, -0.2) is 97.4 Å². The molecule has 0 aromatic heterocycles. The minimum Gasteiger partial charge on any atom is -0.355 e. The lowest BCUT2D eigenvalue weighted by Gasteiger charge is -2.46. The predicted molar refractivity (Wildman–Crippen MR) is 140 cm³/mol. The Morgan fingerprint density at radius 2 is 1.82 bits per heavy atom. The molecule has 2 amide bonds. The first-order valence-electron chi connectivity index (χ1n) is 13.7. The van der Waals surface area contributed by atoms with Gasteiger partial charge in [-0.15, -0.1) is 11.6 Å². The van der Waals surface area contributed by atoms with Crippen molar-refractivity contribution in [1.82, 2.24) is 15.1 Å². The Balaban J connectivity index is 1.60. The van der Waals surface area contributed by atoms with Gasteiger partial charge in [-0.1, -0.05) is 13.8 Å². The number of halogens is 1. The van der Waals surface area contributed by atoms with Gasteiger partial charge in [0.25, 0.3) is 0 Å². The van der Waals surface area contributed by atoms with Gasteiger partial charge in [-0.25, -0.2) is 4.79 Å². The number of amides is 2. The Bertz CT molecular complexity index is 713. The van der Waals surface area contributed by atoms with Crippen LogP contribution < -0.4 is 5.32 Å². The first-order valence-corrected chi connectivity index (χ1v) is 14.1. The molecular weight excluding hydrogens is 448 g/mol. The molecule has 7 heteroatoms. The van der Waals surface area contributed by atoms with E-state index in [2.05, 4.69) is 64.0 Å². The van der Waals surface area contributed by atoms with E-state index in [0.717, 1.165) is 38.3 Å². The number of carbonyl (C=O) groups is 2. The zero-order valence-corrected chi connectivity index (χ0v) is 23.5. The first-order chi connectivity index (χ1) is 16.0. The highest BCUT2D eigenvalue weighted by atomic mass is 35.5. The molecule has 0 bridgehead atoms. The summed E-state index contributed by atoms with van der Waals surface area (Å²) in [4.78, 5) is 31.6. The number of nitrogens with one attached hydrogen (secondary N) is 1. The SMILES string of the molecule is CC[N+]1(C)C(=O)C(CNC(=O)C2CC(Cl)CC(N(C)CC3CCN(C)CC3)C2C)C(C)CC1C. The third-order valence-corrected chi connectivity index (χ3v) is 10.2. The number of likely N-dealkylation sites (tertiary alicyclic amines) is 2. The number of quaternary nitrogens is 1. The van der Waals surface area contributed by atoms with E-state index < -0.39 is 0 Å². The summed E-state index contributed by atoms with van der Waals surface area (Å²) in [7, 11) is 6.48. The highest BCUT2D eigenvalue weighted by Crippen LogP contribution is 2.37. The average molecular weight is 498 g/mol. The monoisotopic (exact) mass is 497 g/mol. The zero-order valence-electron chi connectivity index (χ0n) is 22.7. The van der Waals surface area contributed by atoms with Crippen LogP contribution >= 0.6 is 11.6 Å². The van der Waals surface area contributed by atoms with Gasteiger partial charge < -0.3 is 15.1 Å². The molecule has 1 N–H and O–H groups in total. The summed E-state index contributed by atoms with van der Waals surface area (Å²) < 4.78 is 0.471. The van der Waals surface area contributed by atoms with E-state index in [0.29, 0.717) is 29.0 Å². The second-order valence-corrected chi connectivity index (χ2v) is 12.7. The second kappa shape index (κ2) is 11.6. The van der Waals surface area contributed by atoms with Crippen LogP contribution in [0.4, 0.5) is 0 Å². The first kappa shape index (κ1) is 27.9. The van der Waals surface area contributed by atoms with Crippen molar-refractivity contribution in [3.63, 3.8) is 0 Å². The van der Waals surface area contributed by atoms with Crippen LogP contribution in [0.15, 0.2) is 0 Å². The summed E-state index contributed by atoms with van der Waals surface area (Å²) in [5.41, 5.74) is 0. The van der Waals surface area contributed by atoms with Gasteiger partial charge >= 0.3 is 5.91 Å². The predicted octanol–water partition coefficient (Wildman–Crippen LogP) is 3.44. The highest BCUT2D eigenvalue weighted by molar-refractivity contribution is 6.20. The number of rotatable bonds is 7. The molecule has 0 spiro atoms. The lowest BCUT2D eigenvalue weighted by Crippen LogP contribution is -2.63. The van der Waals surface area contributed by atoms with Crippen molar-refractivity contribution in [3.05, 3.63) is 0 Å². The van der Waals surface area contributed by atoms with Crippen molar-refractivity contribution >= 4 is 23.4 Å². The van der Waals surface area contributed by atoms with E-state index in [1.807, 2.05) is 0 Å². The molecule has 0 aromatic rings. The molecule has 2 heterocycles. The van der Waals surface area contributed by atoms with Gasteiger partial charge in [0, 0.05) is 36.8 Å². The topological polar surface area (TPSA) is 52.7 Å². The van der Waals surface area contributed by atoms with Crippen molar-refractivity contribution < 1.29 is 14.1 Å². The maximum absolute atomic E-state index is 13.4. The van der Waals surface area contributed by atoms with Crippen LogP contribution in [0, 0.1) is 29.6 Å². The van der Waals surface area contributed by atoms with Gasteiger partial charge in [0.2, 0.25) is 5.91 Å². The quantitative estimate of drug-likeness (QED) is 0.432. The van der Waals surface area contributed by atoms with Crippen LogP contribution in [0.3, 0.4) is 0 Å². The number of nitrogens with zero attached hydrogens (tertiary/aromatic N) is 3.